The van der Waals surface area contributed by atoms with Crippen LogP contribution in [0.1, 0.15) is 26.7 Å². The monoisotopic (exact) mass is 420 g/mol. The lowest BCUT2D eigenvalue weighted by Gasteiger charge is -2.25. The number of aliphatic hydroxyl groups excluding tert-OH is 2. The third-order valence-electron chi connectivity index (χ3n) is 3.68. The van der Waals surface area contributed by atoms with Crippen LogP contribution in [0.3, 0.4) is 0 Å². The molecule has 166 valence electrons. The summed E-state index contributed by atoms with van der Waals surface area (Å²) in [5.41, 5.74) is 5.39. The molecule has 0 aromatic heterocycles. The van der Waals surface area contributed by atoms with E-state index < -0.39 is 73.5 Å². The number of carboxylic acid groups (broad SMARTS) is 2. The molecule has 4 atom stereocenters. The van der Waals surface area contributed by atoms with Gasteiger partial charge in [0.15, 0.2) is 0 Å². The predicted octanol–water partition coefficient (Wildman–Crippen LogP) is -3.64. The highest BCUT2D eigenvalue weighted by Gasteiger charge is 2.31. The van der Waals surface area contributed by atoms with Crippen molar-refractivity contribution in [3.63, 3.8) is 0 Å². The summed E-state index contributed by atoms with van der Waals surface area (Å²) in [6, 6.07) is -5.82. The van der Waals surface area contributed by atoms with Crippen LogP contribution in [0, 0.1) is 5.92 Å². The summed E-state index contributed by atoms with van der Waals surface area (Å²) in [6.07, 6.45) is -0.751. The maximum absolute atomic E-state index is 12.5. The molecule has 0 rings (SSSR count). The average Bonchev–Trinajstić information content (AvgIpc) is 2.62. The summed E-state index contributed by atoms with van der Waals surface area (Å²) in [5, 5.41) is 42.1. The Balaban J connectivity index is 5.39. The molecule has 9 N–H and O–H groups in total. The van der Waals surface area contributed by atoms with Crippen LogP contribution in [0.2, 0.25) is 0 Å². The van der Waals surface area contributed by atoms with Gasteiger partial charge in [0.25, 0.3) is 0 Å². The Bertz CT molecular complexity index is 611. The molecule has 0 spiro atoms. The Hall–Kier alpha value is -2.77. The molecule has 0 saturated carbocycles. The lowest BCUT2D eigenvalue weighted by Crippen LogP contribution is -2.58. The molecule has 13 heteroatoms. The van der Waals surface area contributed by atoms with Crippen molar-refractivity contribution >= 4 is 29.7 Å². The number of nitrogens with one attached hydrogen (secondary N) is 3. The molecule has 0 aliphatic heterocycles. The van der Waals surface area contributed by atoms with Gasteiger partial charge < -0.3 is 42.1 Å². The molecule has 0 heterocycles. The largest absolute Gasteiger partial charge is 0.481 e. The molecule has 0 bridgehead atoms. The normalized spacial score (nSPS) is 15.0. The molecule has 3 amide bonds. The molecular formula is C16H28N4O9. The molecule has 0 fully saturated rings. The molecule has 4 unspecified atom stereocenters. The van der Waals surface area contributed by atoms with Crippen LogP contribution in [0.15, 0.2) is 0 Å². The van der Waals surface area contributed by atoms with E-state index in [1.807, 2.05) is 5.32 Å². The fraction of sp³-hybridized carbons (Fsp3) is 0.688. The van der Waals surface area contributed by atoms with Crippen LogP contribution in [-0.4, -0.2) is 87.5 Å². The van der Waals surface area contributed by atoms with Gasteiger partial charge in [-0.05, 0) is 12.3 Å². The Morgan fingerprint density at radius 1 is 0.793 bits per heavy atom. The zero-order valence-electron chi connectivity index (χ0n) is 16.1. The zero-order valence-corrected chi connectivity index (χ0v) is 16.1. The van der Waals surface area contributed by atoms with Crippen molar-refractivity contribution in [2.24, 2.45) is 11.7 Å². The SMILES string of the molecule is CC(C)CC(NC(=O)C(N)CO)C(=O)NC(CC(=O)O)C(=O)NC(CO)C(=O)O. The number of carbonyl (C=O) groups excluding carboxylic acids is 3. The number of carbonyl (C=O) groups is 5. The summed E-state index contributed by atoms with van der Waals surface area (Å²) in [7, 11) is 0. The van der Waals surface area contributed by atoms with Crippen molar-refractivity contribution < 1.29 is 44.4 Å². The van der Waals surface area contributed by atoms with Gasteiger partial charge in [-0.25, -0.2) is 4.79 Å². The number of rotatable bonds is 13. The maximum Gasteiger partial charge on any atom is 0.328 e. The molecular weight excluding hydrogens is 392 g/mol. The van der Waals surface area contributed by atoms with E-state index in [1.54, 1.807) is 13.8 Å². The van der Waals surface area contributed by atoms with Gasteiger partial charge in [0.1, 0.15) is 24.2 Å². The number of aliphatic carboxylic acids is 2. The van der Waals surface area contributed by atoms with Gasteiger partial charge in [-0.2, -0.15) is 0 Å². The minimum absolute atomic E-state index is 0.0890. The van der Waals surface area contributed by atoms with E-state index in [2.05, 4.69) is 10.6 Å². The first kappa shape index (κ1) is 26.2. The molecule has 0 saturated heterocycles. The maximum atomic E-state index is 12.5. The second kappa shape index (κ2) is 12.6. The predicted molar refractivity (Wildman–Crippen MR) is 97.3 cm³/mol. The molecule has 0 aromatic carbocycles. The first-order chi connectivity index (χ1) is 13.4. The number of carboxylic acids is 2. The van der Waals surface area contributed by atoms with Crippen molar-refractivity contribution in [2.45, 2.75) is 50.9 Å². The van der Waals surface area contributed by atoms with Crippen molar-refractivity contribution in [1.29, 1.82) is 0 Å². The second-order valence-corrected chi connectivity index (χ2v) is 6.72. The van der Waals surface area contributed by atoms with Crippen molar-refractivity contribution in [2.75, 3.05) is 13.2 Å². The van der Waals surface area contributed by atoms with E-state index in [-0.39, 0.29) is 12.3 Å². The van der Waals surface area contributed by atoms with Crippen LogP contribution in [0.25, 0.3) is 0 Å². The zero-order chi connectivity index (χ0) is 22.7. The molecule has 0 radical (unpaired) electrons. The van der Waals surface area contributed by atoms with Crippen molar-refractivity contribution in [3.05, 3.63) is 0 Å². The van der Waals surface area contributed by atoms with Gasteiger partial charge in [0.2, 0.25) is 17.7 Å². The summed E-state index contributed by atoms with van der Waals surface area (Å²) < 4.78 is 0. The minimum atomic E-state index is -1.69. The van der Waals surface area contributed by atoms with Gasteiger partial charge in [-0.15, -0.1) is 0 Å². The highest BCUT2D eigenvalue weighted by atomic mass is 16.4. The molecule has 13 nitrogen and oxygen atoms in total. The quantitative estimate of drug-likeness (QED) is 0.146. The highest BCUT2D eigenvalue weighted by molar-refractivity contribution is 5.95. The number of aliphatic hydroxyl groups is 2. The number of hydrogen-bond donors (Lipinski definition) is 8. The van der Waals surface area contributed by atoms with Crippen LogP contribution >= 0.6 is 0 Å². The number of hydrogen-bond acceptors (Lipinski definition) is 8. The van der Waals surface area contributed by atoms with Gasteiger partial charge in [-0.3, -0.25) is 19.2 Å². The third kappa shape index (κ3) is 9.82. The number of nitrogens with two attached hydrogens (primary N) is 1. The Morgan fingerprint density at radius 3 is 1.69 bits per heavy atom. The Labute approximate surface area is 166 Å². The van der Waals surface area contributed by atoms with Crippen LogP contribution in [0.4, 0.5) is 0 Å². The summed E-state index contributed by atoms with van der Waals surface area (Å²) in [4.78, 5) is 58.6. The topological polar surface area (TPSA) is 228 Å². The smallest absolute Gasteiger partial charge is 0.328 e. The van der Waals surface area contributed by atoms with E-state index in [4.69, 9.17) is 26.2 Å². The molecule has 0 aliphatic rings. The average molecular weight is 420 g/mol. The van der Waals surface area contributed by atoms with Crippen LogP contribution < -0.4 is 21.7 Å². The standard InChI is InChI=1S/C16H28N4O9/c1-7(2)3-9(18-13(25)8(17)5-21)14(26)19-10(4-12(23)24)15(27)20-11(6-22)16(28)29/h7-11,21-22H,3-6,17H2,1-2H3,(H,18,25)(H,19,26)(H,20,27)(H,23,24)(H,28,29). The fourth-order valence-corrected chi connectivity index (χ4v) is 2.18. The molecule has 29 heavy (non-hydrogen) atoms. The molecule has 0 aromatic rings. The Kier molecular flexibility index (Phi) is 11.4. The van der Waals surface area contributed by atoms with Gasteiger partial charge in [0.05, 0.1) is 19.6 Å². The van der Waals surface area contributed by atoms with Crippen molar-refractivity contribution in [3.8, 4) is 0 Å². The summed E-state index contributed by atoms with van der Waals surface area (Å²) in [6.45, 7) is 1.89. The van der Waals surface area contributed by atoms with Crippen LogP contribution in [0.5, 0.6) is 0 Å². The second-order valence-electron chi connectivity index (χ2n) is 6.72. The minimum Gasteiger partial charge on any atom is -0.481 e. The van der Waals surface area contributed by atoms with E-state index in [1.165, 1.54) is 0 Å². The van der Waals surface area contributed by atoms with Gasteiger partial charge in [0, 0.05) is 0 Å². The highest BCUT2D eigenvalue weighted by Crippen LogP contribution is 2.07. The van der Waals surface area contributed by atoms with Crippen LogP contribution in [-0.2, 0) is 24.0 Å². The fourth-order valence-electron chi connectivity index (χ4n) is 2.18. The van der Waals surface area contributed by atoms with E-state index >= 15 is 0 Å². The van der Waals surface area contributed by atoms with Crippen molar-refractivity contribution in [1.82, 2.24) is 16.0 Å². The number of amides is 3. The summed E-state index contributed by atoms with van der Waals surface area (Å²) in [5.74, 6) is -5.94. The van der Waals surface area contributed by atoms with Gasteiger partial charge >= 0.3 is 11.9 Å². The van der Waals surface area contributed by atoms with Gasteiger partial charge in [-0.1, -0.05) is 13.8 Å². The molecule has 0 aliphatic carbocycles. The lowest BCUT2D eigenvalue weighted by molar-refractivity contribution is -0.144. The lowest BCUT2D eigenvalue weighted by atomic mass is 10.0. The third-order valence-corrected chi connectivity index (χ3v) is 3.68. The first-order valence-corrected chi connectivity index (χ1v) is 8.75. The Morgan fingerprint density at radius 2 is 1.28 bits per heavy atom. The van der Waals surface area contributed by atoms with E-state index in [9.17, 15) is 24.0 Å². The van der Waals surface area contributed by atoms with E-state index in [0.717, 1.165) is 0 Å². The summed E-state index contributed by atoms with van der Waals surface area (Å²) >= 11 is 0. The van der Waals surface area contributed by atoms with E-state index in [0.29, 0.717) is 0 Å². The first-order valence-electron chi connectivity index (χ1n) is 8.75.